The fourth-order valence-electron chi connectivity index (χ4n) is 2.76. The Hall–Kier alpha value is -2.24. The molecule has 1 N–H and O–H groups in total. The molecule has 0 spiro atoms. The summed E-state index contributed by atoms with van der Waals surface area (Å²) in [7, 11) is 0. The quantitative estimate of drug-likeness (QED) is 0.879. The summed E-state index contributed by atoms with van der Waals surface area (Å²) >= 11 is 0. The van der Waals surface area contributed by atoms with Gasteiger partial charge in [-0.2, -0.15) is 0 Å². The van der Waals surface area contributed by atoms with E-state index < -0.39 is 0 Å². The first-order valence-electron chi connectivity index (χ1n) is 8.37. The number of morpholine rings is 1. The van der Waals surface area contributed by atoms with Gasteiger partial charge in [-0.1, -0.05) is 12.1 Å². The molecule has 0 unspecified atom stereocenters. The van der Waals surface area contributed by atoms with Crippen LogP contribution in [0, 0.1) is 0 Å². The first-order valence-corrected chi connectivity index (χ1v) is 8.37. The Morgan fingerprint density at radius 3 is 2.42 bits per heavy atom. The van der Waals surface area contributed by atoms with Crippen LogP contribution in [0.15, 0.2) is 48.8 Å². The van der Waals surface area contributed by atoms with Crippen LogP contribution in [0.4, 0.5) is 0 Å². The molecule has 1 saturated heterocycles. The van der Waals surface area contributed by atoms with Crippen LogP contribution >= 0.6 is 0 Å². The van der Waals surface area contributed by atoms with E-state index in [-0.39, 0.29) is 5.91 Å². The number of carbonyl (C=O) groups excluding carboxylic acids is 1. The van der Waals surface area contributed by atoms with Gasteiger partial charge in [-0.15, -0.1) is 0 Å². The number of carbonyl (C=O) groups is 1. The number of hydrogen-bond donors (Lipinski definition) is 1. The molecule has 1 fully saturated rings. The van der Waals surface area contributed by atoms with Gasteiger partial charge in [-0.25, -0.2) is 0 Å². The van der Waals surface area contributed by atoms with Crippen LogP contribution in [-0.4, -0.2) is 55.2 Å². The number of benzene rings is 1. The Morgan fingerprint density at radius 2 is 1.71 bits per heavy atom. The molecule has 2 aromatic rings. The van der Waals surface area contributed by atoms with Gasteiger partial charge in [0.15, 0.2) is 0 Å². The summed E-state index contributed by atoms with van der Waals surface area (Å²) in [6, 6.07) is 11.8. The first kappa shape index (κ1) is 16.6. The molecule has 0 radical (unpaired) electrons. The van der Waals surface area contributed by atoms with Gasteiger partial charge in [-0.05, 0) is 41.8 Å². The predicted molar refractivity (Wildman–Crippen MR) is 93.1 cm³/mol. The predicted octanol–water partition coefficient (Wildman–Crippen LogP) is 1.73. The molecule has 0 saturated carbocycles. The largest absolute Gasteiger partial charge is 0.379 e. The number of nitrogens with one attached hydrogen (secondary N) is 1. The number of ether oxygens (including phenoxy) is 1. The van der Waals surface area contributed by atoms with Crippen molar-refractivity contribution in [3.05, 3.63) is 65.5 Å². The highest BCUT2D eigenvalue weighted by Crippen LogP contribution is 2.10. The molecule has 0 aliphatic carbocycles. The van der Waals surface area contributed by atoms with Crippen LogP contribution < -0.4 is 5.32 Å². The minimum absolute atomic E-state index is 0.0151. The summed E-state index contributed by atoms with van der Waals surface area (Å²) in [6.07, 6.45) is 4.44. The topological polar surface area (TPSA) is 54.5 Å². The Morgan fingerprint density at radius 1 is 1.04 bits per heavy atom. The van der Waals surface area contributed by atoms with Gasteiger partial charge in [0.2, 0.25) is 0 Å². The third-order valence-electron chi connectivity index (χ3n) is 4.19. The minimum Gasteiger partial charge on any atom is -0.379 e. The van der Waals surface area contributed by atoms with Crippen LogP contribution in [0.2, 0.25) is 0 Å². The molecule has 5 heteroatoms. The number of hydrogen-bond acceptors (Lipinski definition) is 4. The van der Waals surface area contributed by atoms with Crippen LogP contribution in [0.25, 0.3) is 0 Å². The van der Waals surface area contributed by atoms with Crippen molar-refractivity contribution in [1.29, 1.82) is 0 Å². The molecule has 1 aliphatic heterocycles. The lowest BCUT2D eigenvalue weighted by Crippen LogP contribution is -2.41. The Balaban J connectivity index is 1.46. The highest BCUT2D eigenvalue weighted by atomic mass is 16.5. The molecule has 0 bridgehead atoms. The summed E-state index contributed by atoms with van der Waals surface area (Å²) in [5.41, 5.74) is 3.11. The third-order valence-corrected chi connectivity index (χ3v) is 4.19. The van der Waals surface area contributed by atoms with Crippen LogP contribution in [0.3, 0.4) is 0 Å². The number of rotatable bonds is 6. The van der Waals surface area contributed by atoms with E-state index >= 15 is 0 Å². The Bertz CT molecular complexity index is 637. The van der Waals surface area contributed by atoms with Crippen molar-refractivity contribution >= 4 is 5.91 Å². The lowest BCUT2D eigenvalue weighted by Gasteiger charge is -2.26. The molecule has 1 amide bonds. The molecular weight excluding hydrogens is 302 g/mol. The van der Waals surface area contributed by atoms with Gasteiger partial charge in [0.1, 0.15) is 0 Å². The second kappa shape index (κ2) is 8.57. The summed E-state index contributed by atoms with van der Waals surface area (Å²) in [4.78, 5) is 18.5. The van der Waals surface area contributed by atoms with E-state index in [1.165, 1.54) is 11.1 Å². The van der Waals surface area contributed by atoms with E-state index in [9.17, 15) is 4.79 Å². The molecule has 0 atom stereocenters. The smallest absolute Gasteiger partial charge is 0.251 e. The van der Waals surface area contributed by atoms with Crippen molar-refractivity contribution in [2.24, 2.45) is 0 Å². The summed E-state index contributed by atoms with van der Waals surface area (Å²) in [6.45, 7) is 4.99. The average molecular weight is 325 g/mol. The van der Waals surface area contributed by atoms with Crippen LogP contribution in [0.5, 0.6) is 0 Å². The molecular formula is C19H23N3O2. The van der Waals surface area contributed by atoms with Crippen molar-refractivity contribution in [2.75, 3.05) is 39.4 Å². The summed E-state index contributed by atoms with van der Waals surface area (Å²) < 4.78 is 5.32. The Kier molecular flexibility index (Phi) is 5.93. The lowest BCUT2D eigenvalue weighted by atomic mass is 10.0. The third kappa shape index (κ3) is 4.88. The van der Waals surface area contributed by atoms with Gasteiger partial charge in [0.25, 0.3) is 5.91 Å². The van der Waals surface area contributed by atoms with Gasteiger partial charge in [0.05, 0.1) is 13.2 Å². The van der Waals surface area contributed by atoms with E-state index in [2.05, 4.69) is 15.2 Å². The fraction of sp³-hybridized carbons (Fsp3) is 0.368. The molecule has 5 nitrogen and oxygen atoms in total. The molecule has 1 aromatic carbocycles. The van der Waals surface area contributed by atoms with E-state index in [1.54, 1.807) is 12.4 Å². The van der Waals surface area contributed by atoms with E-state index in [0.717, 1.165) is 39.3 Å². The van der Waals surface area contributed by atoms with Crippen molar-refractivity contribution < 1.29 is 9.53 Å². The number of aromatic nitrogens is 1. The maximum atomic E-state index is 12.2. The van der Waals surface area contributed by atoms with Gasteiger partial charge in [0, 0.05) is 44.1 Å². The van der Waals surface area contributed by atoms with E-state index in [0.29, 0.717) is 12.1 Å². The molecule has 1 aromatic heterocycles. The van der Waals surface area contributed by atoms with Crippen molar-refractivity contribution in [3.8, 4) is 0 Å². The van der Waals surface area contributed by atoms with Gasteiger partial charge in [-0.3, -0.25) is 14.7 Å². The summed E-state index contributed by atoms with van der Waals surface area (Å²) in [5, 5.41) is 2.99. The minimum atomic E-state index is -0.0151. The zero-order chi connectivity index (χ0) is 16.6. The normalized spacial score (nSPS) is 15.2. The molecule has 24 heavy (non-hydrogen) atoms. The molecule has 1 aliphatic rings. The molecule has 3 rings (SSSR count). The van der Waals surface area contributed by atoms with E-state index in [4.69, 9.17) is 4.74 Å². The maximum absolute atomic E-state index is 12.2. The van der Waals surface area contributed by atoms with Crippen LogP contribution in [0.1, 0.15) is 21.5 Å². The average Bonchev–Trinajstić information content (AvgIpc) is 2.64. The molecule has 126 valence electrons. The SMILES string of the molecule is O=C(NCCN1CCOCC1)c1ccc(Cc2ccncc2)cc1. The highest BCUT2D eigenvalue weighted by Gasteiger charge is 2.11. The fourth-order valence-corrected chi connectivity index (χ4v) is 2.76. The van der Waals surface area contributed by atoms with Crippen molar-refractivity contribution in [3.63, 3.8) is 0 Å². The van der Waals surface area contributed by atoms with Crippen molar-refractivity contribution in [1.82, 2.24) is 15.2 Å². The summed E-state index contributed by atoms with van der Waals surface area (Å²) in [5.74, 6) is -0.0151. The monoisotopic (exact) mass is 325 g/mol. The standard InChI is InChI=1S/C19H23N3O2/c23-19(21-9-10-22-11-13-24-14-12-22)18-3-1-16(2-4-18)15-17-5-7-20-8-6-17/h1-8H,9-15H2,(H,21,23). The Labute approximate surface area is 142 Å². The maximum Gasteiger partial charge on any atom is 0.251 e. The van der Waals surface area contributed by atoms with E-state index in [1.807, 2.05) is 36.4 Å². The van der Waals surface area contributed by atoms with Gasteiger partial charge >= 0.3 is 0 Å². The van der Waals surface area contributed by atoms with Gasteiger partial charge < -0.3 is 10.1 Å². The van der Waals surface area contributed by atoms with Crippen LogP contribution in [-0.2, 0) is 11.2 Å². The lowest BCUT2D eigenvalue weighted by molar-refractivity contribution is 0.0383. The second-order valence-corrected chi connectivity index (χ2v) is 5.94. The van der Waals surface area contributed by atoms with Crippen molar-refractivity contribution in [2.45, 2.75) is 6.42 Å². The second-order valence-electron chi connectivity index (χ2n) is 5.94. The number of nitrogens with zero attached hydrogens (tertiary/aromatic N) is 2. The molecule has 2 heterocycles. The zero-order valence-electron chi connectivity index (χ0n) is 13.8. The first-order chi connectivity index (χ1) is 11.8. The zero-order valence-corrected chi connectivity index (χ0v) is 13.8. The number of pyridine rings is 1. The highest BCUT2D eigenvalue weighted by molar-refractivity contribution is 5.94. The number of amides is 1.